The summed E-state index contributed by atoms with van der Waals surface area (Å²) < 4.78 is 16.2. The van der Waals surface area contributed by atoms with Gasteiger partial charge in [0, 0.05) is 39.6 Å². The maximum Gasteiger partial charge on any atom is 0.0865 e. The zero-order valence-electron chi connectivity index (χ0n) is 12.1. The lowest BCUT2D eigenvalue weighted by Crippen LogP contribution is -2.53. The number of aliphatic hydroxyl groups excluding tert-OH is 3. The molecule has 7 heteroatoms. The van der Waals surface area contributed by atoms with Crippen LogP contribution >= 0.6 is 0 Å². The third kappa shape index (κ3) is 11.5. The second-order valence-corrected chi connectivity index (χ2v) is 4.75. The topological polar surface area (TPSA) is 114 Å². The van der Waals surface area contributed by atoms with Crippen LogP contribution in [0.25, 0.3) is 0 Å². The molecule has 0 heterocycles. The van der Waals surface area contributed by atoms with E-state index in [1.54, 1.807) is 0 Å². The fourth-order valence-electron chi connectivity index (χ4n) is 1.45. The molecule has 0 saturated carbocycles. The summed E-state index contributed by atoms with van der Waals surface area (Å²) in [7, 11) is 0. The van der Waals surface area contributed by atoms with E-state index in [4.69, 9.17) is 35.3 Å². The summed E-state index contributed by atoms with van der Waals surface area (Å²) in [6.45, 7) is 2.35. The minimum Gasteiger partial charge on any atom is -0.396 e. The zero-order valence-corrected chi connectivity index (χ0v) is 12.1. The van der Waals surface area contributed by atoms with Crippen molar-refractivity contribution in [2.75, 3.05) is 59.5 Å². The standard InChI is InChI=1S/C13H29NO6/c14-13(10-18-7-1-4-15,11-19-8-2-5-16)12-20-9-3-6-17/h15-17H,1-12,14H2. The van der Waals surface area contributed by atoms with Gasteiger partial charge in [0.05, 0.1) is 25.4 Å². The molecule has 0 amide bonds. The van der Waals surface area contributed by atoms with Crippen LogP contribution in [0.5, 0.6) is 0 Å². The minimum absolute atomic E-state index is 0.0809. The van der Waals surface area contributed by atoms with Gasteiger partial charge in [-0.1, -0.05) is 0 Å². The quantitative estimate of drug-likeness (QED) is 0.283. The summed E-state index contributed by atoms with van der Waals surface area (Å²) in [5, 5.41) is 26.1. The lowest BCUT2D eigenvalue weighted by molar-refractivity contribution is -0.0277. The monoisotopic (exact) mass is 295 g/mol. The van der Waals surface area contributed by atoms with Gasteiger partial charge in [-0.15, -0.1) is 0 Å². The van der Waals surface area contributed by atoms with Gasteiger partial charge in [-0.05, 0) is 19.3 Å². The van der Waals surface area contributed by atoms with Crippen LogP contribution in [-0.4, -0.2) is 80.3 Å². The molecule has 0 saturated heterocycles. The Morgan fingerprint density at radius 3 is 1.20 bits per heavy atom. The van der Waals surface area contributed by atoms with Gasteiger partial charge in [-0.2, -0.15) is 0 Å². The molecular formula is C13H29NO6. The molecule has 0 bridgehead atoms. The minimum atomic E-state index is -0.764. The first-order valence-corrected chi connectivity index (χ1v) is 7.03. The van der Waals surface area contributed by atoms with Crippen molar-refractivity contribution < 1.29 is 29.5 Å². The van der Waals surface area contributed by atoms with Crippen molar-refractivity contribution in [3.8, 4) is 0 Å². The van der Waals surface area contributed by atoms with Crippen LogP contribution in [-0.2, 0) is 14.2 Å². The average molecular weight is 295 g/mol. The summed E-state index contributed by atoms with van der Waals surface area (Å²) in [6, 6.07) is 0. The van der Waals surface area contributed by atoms with E-state index in [0.717, 1.165) is 0 Å². The Morgan fingerprint density at radius 2 is 0.950 bits per heavy atom. The predicted molar refractivity (Wildman–Crippen MR) is 74.5 cm³/mol. The number of rotatable bonds is 15. The molecule has 0 aliphatic rings. The third-order valence-electron chi connectivity index (χ3n) is 2.51. The highest BCUT2D eigenvalue weighted by atomic mass is 16.5. The average Bonchev–Trinajstić information content (AvgIpc) is 2.45. The summed E-state index contributed by atoms with van der Waals surface area (Å²) in [6.07, 6.45) is 1.69. The highest BCUT2D eigenvalue weighted by Crippen LogP contribution is 2.06. The van der Waals surface area contributed by atoms with Gasteiger partial charge in [-0.3, -0.25) is 0 Å². The maximum atomic E-state index is 8.69. The highest BCUT2D eigenvalue weighted by Gasteiger charge is 2.26. The molecule has 0 atom stereocenters. The van der Waals surface area contributed by atoms with E-state index in [0.29, 0.717) is 39.1 Å². The van der Waals surface area contributed by atoms with Crippen molar-refractivity contribution in [3.05, 3.63) is 0 Å². The van der Waals surface area contributed by atoms with Gasteiger partial charge in [0.2, 0.25) is 0 Å². The van der Waals surface area contributed by atoms with Gasteiger partial charge in [-0.25, -0.2) is 0 Å². The van der Waals surface area contributed by atoms with Crippen molar-refractivity contribution in [1.82, 2.24) is 0 Å². The van der Waals surface area contributed by atoms with Crippen LogP contribution in [0.4, 0.5) is 0 Å². The summed E-state index contributed by atoms with van der Waals surface area (Å²) in [5.41, 5.74) is 5.42. The van der Waals surface area contributed by atoms with Crippen LogP contribution in [0.3, 0.4) is 0 Å². The Kier molecular flexibility index (Phi) is 13.5. The molecule has 0 aromatic heterocycles. The van der Waals surface area contributed by atoms with Crippen LogP contribution in [0.2, 0.25) is 0 Å². The molecule has 0 radical (unpaired) electrons. The zero-order chi connectivity index (χ0) is 15.1. The van der Waals surface area contributed by atoms with Crippen molar-refractivity contribution in [3.63, 3.8) is 0 Å². The summed E-state index contributed by atoms with van der Waals surface area (Å²) >= 11 is 0. The molecule has 0 unspecified atom stereocenters. The Morgan fingerprint density at radius 1 is 0.650 bits per heavy atom. The fourth-order valence-corrected chi connectivity index (χ4v) is 1.45. The lowest BCUT2D eigenvalue weighted by Gasteiger charge is -2.29. The van der Waals surface area contributed by atoms with E-state index in [1.807, 2.05) is 0 Å². The molecule has 122 valence electrons. The number of ether oxygens (including phenoxy) is 3. The number of aliphatic hydroxyl groups is 3. The fraction of sp³-hybridized carbons (Fsp3) is 1.00. The van der Waals surface area contributed by atoms with Gasteiger partial charge in [0.1, 0.15) is 0 Å². The van der Waals surface area contributed by atoms with Crippen LogP contribution < -0.4 is 5.73 Å². The molecule has 5 N–H and O–H groups in total. The van der Waals surface area contributed by atoms with Gasteiger partial charge in [0.25, 0.3) is 0 Å². The molecule has 0 aromatic rings. The van der Waals surface area contributed by atoms with Crippen molar-refractivity contribution >= 4 is 0 Å². The molecule has 0 rings (SSSR count). The lowest BCUT2D eigenvalue weighted by atomic mass is 10.1. The summed E-state index contributed by atoms with van der Waals surface area (Å²) in [5.74, 6) is 0. The second kappa shape index (κ2) is 13.7. The molecular weight excluding hydrogens is 266 g/mol. The Labute approximate surface area is 120 Å². The molecule has 0 aliphatic heterocycles. The van der Waals surface area contributed by atoms with Crippen LogP contribution in [0, 0.1) is 0 Å². The Balaban J connectivity index is 3.98. The molecule has 7 nitrogen and oxygen atoms in total. The van der Waals surface area contributed by atoms with E-state index in [1.165, 1.54) is 0 Å². The predicted octanol–water partition coefficient (Wildman–Crippen LogP) is -1.12. The first kappa shape index (κ1) is 19.7. The van der Waals surface area contributed by atoms with Crippen LogP contribution in [0.1, 0.15) is 19.3 Å². The second-order valence-electron chi connectivity index (χ2n) is 4.75. The Hall–Kier alpha value is -0.280. The normalized spacial score (nSPS) is 12.0. The van der Waals surface area contributed by atoms with Crippen molar-refractivity contribution in [1.29, 1.82) is 0 Å². The maximum absolute atomic E-state index is 8.69. The van der Waals surface area contributed by atoms with E-state index in [-0.39, 0.29) is 39.6 Å². The molecule has 0 aromatic carbocycles. The SMILES string of the molecule is NC(COCCCO)(COCCCO)COCCCO. The number of hydrogen-bond acceptors (Lipinski definition) is 7. The van der Waals surface area contributed by atoms with E-state index in [9.17, 15) is 0 Å². The number of nitrogens with two attached hydrogens (primary N) is 1. The van der Waals surface area contributed by atoms with Gasteiger partial charge in [0.15, 0.2) is 0 Å². The molecule has 20 heavy (non-hydrogen) atoms. The van der Waals surface area contributed by atoms with E-state index >= 15 is 0 Å². The molecule has 0 spiro atoms. The van der Waals surface area contributed by atoms with E-state index < -0.39 is 5.54 Å². The summed E-state index contributed by atoms with van der Waals surface area (Å²) in [4.78, 5) is 0. The smallest absolute Gasteiger partial charge is 0.0865 e. The number of hydrogen-bond donors (Lipinski definition) is 4. The first-order chi connectivity index (χ1) is 9.68. The Bertz CT molecular complexity index is 174. The van der Waals surface area contributed by atoms with Crippen LogP contribution in [0.15, 0.2) is 0 Å². The molecule has 0 aliphatic carbocycles. The largest absolute Gasteiger partial charge is 0.396 e. The third-order valence-corrected chi connectivity index (χ3v) is 2.51. The molecule has 0 fully saturated rings. The van der Waals surface area contributed by atoms with Gasteiger partial charge < -0.3 is 35.3 Å². The highest BCUT2D eigenvalue weighted by molar-refractivity contribution is 4.84. The van der Waals surface area contributed by atoms with Crippen molar-refractivity contribution in [2.45, 2.75) is 24.8 Å². The van der Waals surface area contributed by atoms with Crippen molar-refractivity contribution in [2.24, 2.45) is 5.73 Å². The van der Waals surface area contributed by atoms with E-state index in [2.05, 4.69) is 0 Å². The first-order valence-electron chi connectivity index (χ1n) is 7.03. The van der Waals surface area contributed by atoms with Gasteiger partial charge >= 0.3 is 0 Å².